The Morgan fingerprint density at radius 2 is 1.76 bits per heavy atom. The summed E-state index contributed by atoms with van der Waals surface area (Å²) in [7, 11) is 0. The van der Waals surface area contributed by atoms with Crippen molar-refractivity contribution in [3.8, 4) is 11.4 Å². The van der Waals surface area contributed by atoms with Gasteiger partial charge < -0.3 is 19.3 Å². The summed E-state index contributed by atoms with van der Waals surface area (Å²) in [6, 6.07) is 7.51. The van der Waals surface area contributed by atoms with Gasteiger partial charge in [0.2, 0.25) is 5.82 Å². The maximum Gasteiger partial charge on any atom is 0.295 e. The summed E-state index contributed by atoms with van der Waals surface area (Å²) in [5.74, 6) is -3.00. The van der Waals surface area contributed by atoms with Crippen LogP contribution in [0, 0.1) is 5.82 Å². The highest BCUT2D eigenvalue weighted by molar-refractivity contribution is 6.66. The first-order valence-corrected chi connectivity index (χ1v) is 12.0. The van der Waals surface area contributed by atoms with Gasteiger partial charge in [-0.2, -0.15) is 4.98 Å². The van der Waals surface area contributed by atoms with Crippen LogP contribution in [-0.4, -0.2) is 73.7 Å². The lowest BCUT2D eigenvalue weighted by Crippen LogP contribution is -2.52. The van der Waals surface area contributed by atoms with Gasteiger partial charge in [0.1, 0.15) is 11.5 Å². The van der Waals surface area contributed by atoms with Crippen LogP contribution in [0.5, 0.6) is 0 Å². The number of hydrogen-bond acceptors (Lipinski definition) is 7. The zero-order chi connectivity index (χ0) is 26.3. The highest BCUT2D eigenvalue weighted by Crippen LogP contribution is 2.38. The second-order valence-electron chi connectivity index (χ2n) is 8.10. The molecule has 0 bridgehead atoms. The lowest BCUT2D eigenvalue weighted by molar-refractivity contribution is -0.127. The number of fused-ring (bicyclic) bond motifs is 1. The number of ketones is 1. The summed E-state index contributed by atoms with van der Waals surface area (Å²) in [6.07, 6.45) is 2.77. The van der Waals surface area contributed by atoms with E-state index in [4.69, 9.17) is 39.3 Å². The molecule has 37 heavy (non-hydrogen) atoms. The number of piperazine rings is 1. The van der Waals surface area contributed by atoms with Gasteiger partial charge in [0.05, 0.1) is 11.1 Å². The molecule has 0 radical (unpaired) electrons. The largest absolute Gasteiger partial charge is 0.360 e. The van der Waals surface area contributed by atoms with E-state index in [1.165, 1.54) is 23.4 Å². The van der Waals surface area contributed by atoms with E-state index in [0.717, 1.165) is 6.07 Å². The van der Waals surface area contributed by atoms with Crippen molar-refractivity contribution >= 4 is 63.3 Å². The molecule has 2 amide bonds. The molecule has 0 spiro atoms. The van der Waals surface area contributed by atoms with Crippen LogP contribution in [0.2, 0.25) is 0 Å². The Morgan fingerprint density at radius 3 is 2.41 bits per heavy atom. The number of halogens is 4. The van der Waals surface area contributed by atoms with Gasteiger partial charge in [0.25, 0.3) is 27.3 Å². The second-order valence-corrected chi connectivity index (χ2v) is 10.4. The van der Waals surface area contributed by atoms with Gasteiger partial charge in [-0.15, -0.1) is 0 Å². The molecule has 1 aliphatic heterocycles. The normalized spacial score (nSPS) is 14.3. The lowest BCUT2D eigenvalue weighted by atomic mass is 10.0. The van der Waals surface area contributed by atoms with Crippen molar-refractivity contribution in [2.75, 3.05) is 26.2 Å². The smallest absolute Gasteiger partial charge is 0.295 e. The number of aromatic nitrogens is 4. The molecule has 1 saturated heterocycles. The van der Waals surface area contributed by atoms with E-state index in [1.54, 1.807) is 23.1 Å². The van der Waals surface area contributed by atoms with Crippen molar-refractivity contribution in [2.24, 2.45) is 0 Å². The number of carbonyl (C=O) groups is 3. The van der Waals surface area contributed by atoms with E-state index in [0.29, 0.717) is 5.69 Å². The molecule has 1 N–H and O–H groups in total. The number of nitrogens with zero attached hydrogens (tertiary/aromatic N) is 5. The molecule has 14 heteroatoms. The van der Waals surface area contributed by atoms with Crippen molar-refractivity contribution in [1.29, 1.82) is 0 Å². The monoisotopic (exact) mass is 564 g/mol. The molecule has 0 aliphatic carbocycles. The van der Waals surface area contributed by atoms with E-state index in [2.05, 4.69) is 20.1 Å². The SMILES string of the molecule is O=C(C(=O)N1CCN(C(=O)c2ccccn2)CC1)c1c[nH]c2c(-c3noc(C(Cl)(Cl)Cl)n3)ccc(F)c12. The van der Waals surface area contributed by atoms with Crippen molar-refractivity contribution < 1.29 is 23.3 Å². The molecule has 0 atom stereocenters. The number of Topliss-reactive ketones (excluding diaryl/α,β-unsaturated/α-hetero) is 1. The molecule has 5 rings (SSSR count). The molecule has 1 aromatic carbocycles. The molecule has 1 aliphatic rings. The van der Waals surface area contributed by atoms with Crippen LogP contribution in [0.4, 0.5) is 4.39 Å². The minimum atomic E-state index is -1.96. The van der Waals surface area contributed by atoms with Gasteiger partial charge >= 0.3 is 0 Å². The summed E-state index contributed by atoms with van der Waals surface area (Å²) in [5, 5.41) is 3.65. The van der Waals surface area contributed by atoms with Crippen molar-refractivity contribution in [3.05, 3.63) is 65.7 Å². The van der Waals surface area contributed by atoms with Crippen LogP contribution < -0.4 is 0 Å². The number of rotatable bonds is 4. The number of amides is 2. The molecule has 0 unspecified atom stereocenters. The van der Waals surface area contributed by atoms with E-state index in [-0.39, 0.29) is 65.8 Å². The maximum atomic E-state index is 14.9. The van der Waals surface area contributed by atoms with Crippen LogP contribution >= 0.6 is 34.8 Å². The molecular weight excluding hydrogens is 550 g/mol. The summed E-state index contributed by atoms with van der Waals surface area (Å²) >= 11 is 17.3. The average Bonchev–Trinajstić information content (AvgIpc) is 3.57. The number of H-pyrrole nitrogens is 1. The quantitative estimate of drug-likeness (QED) is 0.227. The first-order chi connectivity index (χ1) is 17.6. The summed E-state index contributed by atoms with van der Waals surface area (Å²) in [6.45, 7) is 0.734. The zero-order valence-corrected chi connectivity index (χ0v) is 21.0. The van der Waals surface area contributed by atoms with Gasteiger partial charge in [0, 0.05) is 49.5 Å². The first kappa shape index (κ1) is 25.1. The molecular formula is C23H16Cl3FN6O4. The summed E-state index contributed by atoms with van der Waals surface area (Å²) in [5.41, 5.74) is 0.579. The summed E-state index contributed by atoms with van der Waals surface area (Å²) in [4.78, 5) is 52.5. The number of pyridine rings is 1. The van der Waals surface area contributed by atoms with Crippen LogP contribution in [-0.2, 0) is 8.59 Å². The molecule has 10 nitrogen and oxygen atoms in total. The average molecular weight is 566 g/mol. The third-order valence-electron chi connectivity index (χ3n) is 5.87. The predicted molar refractivity (Wildman–Crippen MR) is 132 cm³/mol. The number of aromatic amines is 1. The molecule has 3 aromatic heterocycles. The van der Waals surface area contributed by atoms with E-state index < -0.39 is 21.3 Å². The Hall–Kier alpha value is -3.54. The fourth-order valence-electron chi connectivity index (χ4n) is 4.04. The van der Waals surface area contributed by atoms with Crippen LogP contribution in [0.3, 0.4) is 0 Å². The molecule has 1 fully saturated rings. The van der Waals surface area contributed by atoms with Gasteiger partial charge in [-0.05, 0) is 24.3 Å². The van der Waals surface area contributed by atoms with E-state index in [1.807, 2.05) is 0 Å². The van der Waals surface area contributed by atoms with Gasteiger partial charge in [-0.1, -0.05) is 46.0 Å². The summed E-state index contributed by atoms with van der Waals surface area (Å²) < 4.78 is 17.9. The van der Waals surface area contributed by atoms with Crippen molar-refractivity contribution in [1.82, 2.24) is 29.9 Å². The number of alkyl halides is 3. The van der Waals surface area contributed by atoms with E-state index >= 15 is 0 Å². The third kappa shape index (κ3) is 4.77. The Morgan fingerprint density at radius 1 is 1.03 bits per heavy atom. The maximum absolute atomic E-state index is 14.9. The Balaban J connectivity index is 1.36. The Bertz CT molecular complexity index is 1510. The van der Waals surface area contributed by atoms with Crippen molar-refractivity contribution in [3.63, 3.8) is 0 Å². The Kier molecular flexibility index (Phi) is 6.61. The predicted octanol–water partition coefficient (Wildman–Crippen LogP) is 3.75. The van der Waals surface area contributed by atoms with Gasteiger partial charge in [-0.3, -0.25) is 19.4 Å². The third-order valence-corrected chi connectivity index (χ3v) is 6.36. The van der Waals surface area contributed by atoms with Gasteiger partial charge in [-0.25, -0.2) is 4.39 Å². The minimum Gasteiger partial charge on any atom is -0.360 e. The van der Waals surface area contributed by atoms with Gasteiger partial charge in [0.15, 0.2) is 0 Å². The second kappa shape index (κ2) is 9.73. The lowest BCUT2D eigenvalue weighted by Gasteiger charge is -2.34. The van der Waals surface area contributed by atoms with Crippen LogP contribution in [0.25, 0.3) is 22.3 Å². The van der Waals surface area contributed by atoms with Crippen LogP contribution in [0.1, 0.15) is 26.7 Å². The van der Waals surface area contributed by atoms with Crippen molar-refractivity contribution in [2.45, 2.75) is 3.79 Å². The van der Waals surface area contributed by atoms with E-state index in [9.17, 15) is 18.8 Å². The number of hydrogen-bond donors (Lipinski definition) is 1. The number of nitrogens with one attached hydrogen (secondary N) is 1. The van der Waals surface area contributed by atoms with Crippen LogP contribution in [0.15, 0.2) is 47.2 Å². The zero-order valence-electron chi connectivity index (χ0n) is 18.8. The fourth-order valence-corrected chi connectivity index (χ4v) is 4.27. The molecule has 0 saturated carbocycles. The highest BCUT2D eigenvalue weighted by atomic mass is 35.6. The topological polar surface area (TPSA) is 125 Å². The fraction of sp³-hybridized carbons (Fsp3) is 0.217. The number of benzene rings is 1. The molecule has 4 heterocycles. The first-order valence-electron chi connectivity index (χ1n) is 10.9. The minimum absolute atomic E-state index is 0.00723. The Labute approximate surface area is 223 Å². The molecule has 190 valence electrons. The number of carbonyl (C=O) groups excluding carboxylic acids is 3. The standard InChI is InChI=1S/C23H16Cl3FN6O4/c24-23(25,26)22-30-19(31-37-22)12-4-5-14(27)16-13(11-29-17(12)16)18(34)21(36)33-9-7-32(8-10-33)20(35)15-3-1-2-6-28-15/h1-6,11,29H,7-10H2. The highest BCUT2D eigenvalue weighted by Gasteiger charge is 2.33. The molecule has 4 aromatic rings.